The average Bonchev–Trinajstić information content (AvgIpc) is 2.87. The molecule has 8 heteroatoms. The fourth-order valence-corrected chi connectivity index (χ4v) is 3.50. The predicted octanol–water partition coefficient (Wildman–Crippen LogP) is 6.08. The van der Waals surface area contributed by atoms with E-state index in [-0.39, 0.29) is 23.6 Å². The van der Waals surface area contributed by atoms with Gasteiger partial charge in [0.2, 0.25) is 23.6 Å². The lowest BCUT2D eigenvalue weighted by molar-refractivity contribution is -0.117. The largest absolute Gasteiger partial charge is 0.326 e. The highest BCUT2D eigenvalue weighted by Gasteiger charge is 2.05. The molecule has 2 aromatic carbocycles. The molecule has 4 amide bonds. The van der Waals surface area contributed by atoms with Crippen molar-refractivity contribution in [3.63, 3.8) is 0 Å². The van der Waals surface area contributed by atoms with Crippen molar-refractivity contribution in [2.75, 3.05) is 21.3 Å². The number of anilines is 4. The Morgan fingerprint density at radius 2 is 0.694 bits per heavy atom. The fraction of sp³-hybridized carbons (Fsp3) is 0.429. The molecular formula is C28H38N4O4. The van der Waals surface area contributed by atoms with Gasteiger partial charge in [-0.2, -0.15) is 0 Å². The van der Waals surface area contributed by atoms with Crippen molar-refractivity contribution in [2.45, 2.75) is 78.1 Å². The summed E-state index contributed by atoms with van der Waals surface area (Å²) in [6.07, 6.45) is 7.45. The van der Waals surface area contributed by atoms with E-state index in [1.165, 1.54) is 0 Å². The average molecular weight is 495 g/mol. The summed E-state index contributed by atoms with van der Waals surface area (Å²) in [6, 6.07) is 14.2. The van der Waals surface area contributed by atoms with E-state index in [0.717, 1.165) is 38.5 Å². The van der Waals surface area contributed by atoms with E-state index >= 15 is 0 Å². The van der Waals surface area contributed by atoms with Crippen LogP contribution in [0.15, 0.2) is 48.5 Å². The van der Waals surface area contributed by atoms with E-state index in [2.05, 4.69) is 21.3 Å². The van der Waals surface area contributed by atoms with Gasteiger partial charge in [-0.25, -0.2) is 0 Å². The molecule has 2 aromatic rings. The Kier molecular flexibility index (Phi) is 12.8. The van der Waals surface area contributed by atoms with Gasteiger partial charge in [0, 0.05) is 48.4 Å². The predicted molar refractivity (Wildman–Crippen MR) is 145 cm³/mol. The zero-order chi connectivity index (χ0) is 26.2. The standard InChI is InChI=1S/C28H38N4O4/c1-3-25(33)29-21-13-17-23(18-14-21)31-27(35)11-9-7-5-6-8-10-12-28(36)32-24-19-15-22(16-20-24)30-26(34)4-2/h13-20H,3-12H2,1-2H3,(H,29,33)(H,30,34)(H,31,35)(H,32,36). The number of rotatable bonds is 15. The lowest BCUT2D eigenvalue weighted by Gasteiger charge is -2.08. The molecule has 0 aliphatic rings. The van der Waals surface area contributed by atoms with Crippen molar-refractivity contribution in [3.8, 4) is 0 Å². The molecule has 0 atom stereocenters. The first-order chi connectivity index (χ1) is 17.4. The van der Waals surface area contributed by atoms with Crippen LogP contribution in [0.1, 0.15) is 78.1 Å². The Morgan fingerprint density at radius 1 is 0.444 bits per heavy atom. The maximum absolute atomic E-state index is 12.1. The summed E-state index contributed by atoms with van der Waals surface area (Å²) in [5, 5.41) is 11.3. The molecule has 0 bridgehead atoms. The third kappa shape index (κ3) is 11.6. The number of unbranched alkanes of at least 4 members (excludes halogenated alkanes) is 5. The number of nitrogens with one attached hydrogen (secondary N) is 4. The first-order valence-corrected chi connectivity index (χ1v) is 12.8. The molecule has 0 fully saturated rings. The van der Waals surface area contributed by atoms with E-state index in [4.69, 9.17) is 0 Å². The zero-order valence-electron chi connectivity index (χ0n) is 21.3. The van der Waals surface area contributed by atoms with Gasteiger partial charge in [0.1, 0.15) is 0 Å². The fourth-order valence-electron chi connectivity index (χ4n) is 3.50. The van der Waals surface area contributed by atoms with Gasteiger partial charge in [-0.15, -0.1) is 0 Å². The summed E-state index contributed by atoms with van der Waals surface area (Å²) in [4.78, 5) is 47.0. The first kappa shape index (κ1) is 28.6. The van der Waals surface area contributed by atoms with Crippen LogP contribution >= 0.6 is 0 Å². The number of carbonyl (C=O) groups excluding carboxylic acids is 4. The van der Waals surface area contributed by atoms with Gasteiger partial charge in [0.25, 0.3) is 0 Å². The van der Waals surface area contributed by atoms with Crippen molar-refractivity contribution in [2.24, 2.45) is 0 Å². The minimum absolute atomic E-state index is 0.0159. The molecule has 4 N–H and O–H groups in total. The minimum Gasteiger partial charge on any atom is -0.326 e. The number of hydrogen-bond donors (Lipinski definition) is 4. The summed E-state index contributed by atoms with van der Waals surface area (Å²) in [7, 11) is 0. The molecule has 0 aliphatic carbocycles. The van der Waals surface area contributed by atoms with Crippen LogP contribution in [0.3, 0.4) is 0 Å². The minimum atomic E-state index is -0.0446. The summed E-state index contributed by atoms with van der Waals surface area (Å²) < 4.78 is 0. The van der Waals surface area contributed by atoms with Gasteiger partial charge < -0.3 is 21.3 Å². The highest BCUT2D eigenvalue weighted by molar-refractivity contribution is 5.93. The van der Waals surface area contributed by atoms with Crippen molar-refractivity contribution >= 4 is 46.4 Å². The number of carbonyl (C=O) groups is 4. The third-order valence-corrected chi connectivity index (χ3v) is 5.60. The second-order valence-electron chi connectivity index (χ2n) is 8.68. The smallest absolute Gasteiger partial charge is 0.224 e. The molecule has 0 aromatic heterocycles. The van der Waals surface area contributed by atoms with Crippen molar-refractivity contribution < 1.29 is 19.2 Å². The lowest BCUT2D eigenvalue weighted by Crippen LogP contribution is -2.12. The van der Waals surface area contributed by atoms with Crippen LogP contribution in [-0.2, 0) is 19.2 Å². The maximum atomic E-state index is 12.1. The van der Waals surface area contributed by atoms with Crippen molar-refractivity contribution in [3.05, 3.63) is 48.5 Å². The maximum Gasteiger partial charge on any atom is 0.224 e. The molecule has 0 unspecified atom stereocenters. The Bertz CT molecular complexity index is 906. The van der Waals surface area contributed by atoms with Crippen LogP contribution in [-0.4, -0.2) is 23.6 Å². The molecule has 2 rings (SSSR count). The monoisotopic (exact) mass is 494 g/mol. The van der Waals surface area contributed by atoms with Crippen LogP contribution in [0.4, 0.5) is 22.7 Å². The molecule has 0 saturated heterocycles. The number of amides is 4. The van der Waals surface area contributed by atoms with Gasteiger partial charge >= 0.3 is 0 Å². The van der Waals surface area contributed by atoms with Gasteiger partial charge in [0.05, 0.1) is 0 Å². The van der Waals surface area contributed by atoms with Gasteiger partial charge in [-0.3, -0.25) is 19.2 Å². The summed E-state index contributed by atoms with van der Waals surface area (Å²) >= 11 is 0. The van der Waals surface area contributed by atoms with E-state index < -0.39 is 0 Å². The molecule has 0 radical (unpaired) electrons. The van der Waals surface area contributed by atoms with Gasteiger partial charge in [-0.1, -0.05) is 39.5 Å². The molecule has 8 nitrogen and oxygen atoms in total. The van der Waals surface area contributed by atoms with E-state index in [1.807, 2.05) is 0 Å². The Balaban J connectivity index is 1.50. The molecule has 0 aliphatic heterocycles. The normalized spacial score (nSPS) is 10.4. The summed E-state index contributed by atoms with van der Waals surface area (Å²) in [5.74, 6) is -0.121. The topological polar surface area (TPSA) is 116 Å². The molecule has 194 valence electrons. The quantitative estimate of drug-likeness (QED) is 0.224. The highest BCUT2D eigenvalue weighted by Crippen LogP contribution is 2.16. The molecule has 36 heavy (non-hydrogen) atoms. The van der Waals surface area contributed by atoms with E-state index in [0.29, 0.717) is 48.4 Å². The molecular weight excluding hydrogens is 456 g/mol. The highest BCUT2D eigenvalue weighted by atomic mass is 16.2. The van der Waals surface area contributed by atoms with Crippen molar-refractivity contribution in [1.82, 2.24) is 0 Å². The number of benzene rings is 2. The molecule has 0 spiro atoms. The lowest BCUT2D eigenvalue weighted by atomic mass is 10.1. The van der Waals surface area contributed by atoms with Crippen LogP contribution in [0, 0.1) is 0 Å². The second-order valence-corrected chi connectivity index (χ2v) is 8.68. The van der Waals surface area contributed by atoms with Gasteiger partial charge in [0.15, 0.2) is 0 Å². The van der Waals surface area contributed by atoms with E-state index in [9.17, 15) is 19.2 Å². The Morgan fingerprint density at radius 3 is 0.972 bits per heavy atom. The Labute approximate surface area is 213 Å². The second kappa shape index (κ2) is 16.1. The van der Waals surface area contributed by atoms with Crippen LogP contribution < -0.4 is 21.3 Å². The summed E-state index contributed by atoms with van der Waals surface area (Å²) in [5.41, 5.74) is 2.86. The zero-order valence-corrected chi connectivity index (χ0v) is 21.3. The number of hydrogen-bond acceptors (Lipinski definition) is 4. The van der Waals surface area contributed by atoms with Gasteiger partial charge in [-0.05, 0) is 61.4 Å². The third-order valence-electron chi connectivity index (χ3n) is 5.60. The van der Waals surface area contributed by atoms with E-state index in [1.54, 1.807) is 62.4 Å². The van der Waals surface area contributed by atoms with Crippen LogP contribution in [0.25, 0.3) is 0 Å². The molecule has 0 heterocycles. The SMILES string of the molecule is CCC(=O)Nc1ccc(NC(=O)CCCCCCCCC(=O)Nc2ccc(NC(=O)CC)cc2)cc1. The summed E-state index contributed by atoms with van der Waals surface area (Å²) in [6.45, 7) is 3.59. The van der Waals surface area contributed by atoms with Crippen molar-refractivity contribution in [1.29, 1.82) is 0 Å². The Hall–Kier alpha value is -3.68. The first-order valence-electron chi connectivity index (χ1n) is 12.8. The molecule has 0 saturated carbocycles. The van der Waals surface area contributed by atoms with Crippen LogP contribution in [0.5, 0.6) is 0 Å². The van der Waals surface area contributed by atoms with Crippen LogP contribution in [0.2, 0.25) is 0 Å².